The van der Waals surface area contributed by atoms with Crippen molar-refractivity contribution in [2.24, 2.45) is 5.92 Å². The van der Waals surface area contributed by atoms with E-state index in [4.69, 9.17) is 5.11 Å². The molecule has 0 bridgehead atoms. The maximum atomic E-state index is 12.2. The van der Waals surface area contributed by atoms with Crippen LogP contribution in [-0.2, 0) is 4.74 Å². The van der Waals surface area contributed by atoms with Crippen molar-refractivity contribution in [3.63, 3.8) is 0 Å². The van der Waals surface area contributed by atoms with E-state index in [2.05, 4.69) is 4.74 Å². The van der Waals surface area contributed by atoms with Gasteiger partial charge in [-0.05, 0) is 6.42 Å². The van der Waals surface area contributed by atoms with Crippen molar-refractivity contribution >= 4 is 0 Å². The molecule has 1 heterocycles. The van der Waals surface area contributed by atoms with Gasteiger partial charge in [0.05, 0.1) is 6.61 Å². The fourth-order valence-corrected chi connectivity index (χ4v) is 0.911. The highest BCUT2D eigenvalue weighted by Gasteiger charge is 2.35. The van der Waals surface area contributed by atoms with Crippen molar-refractivity contribution in [3.05, 3.63) is 0 Å². The molecular weight excluding hydrogens is 142 g/mol. The summed E-state index contributed by atoms with van der Waals surface area (Å²) in [6.45, 7) is -0.0837. The molecule has 4 heteroatoms. The van der Waals surface area contributed by atoms with Gasteiger partial charge in [0, 0.05) is 18.9 Å². The fourth-order valence-electron chi connectivity index (χ4n) is 0.911. The molecular formula is C6H10F2O2. The summed E-state index contributed by atoms with van der Waals surface area (Å²) in [6.07, 6.45) is -2.87. The molecule has 0 spiro atoms. The van der Waals surface area contributed by atoms with Crippen LogP contribution in [0.4, 0.5) is 8.78 Å². The van der Waals surface area contributed by atoms with Crippen LogP contribution in [0, 0.1) is 5.92 Å². The second-order valence-corrected chi connectivity index (χ2v) is 2.54. The molecule has 1 saturated heterocycles. The lowest BCUT2D eigenvalue weighted by molar-refractivity contribution is -0.269. The van der Waals surface area contributed by atoms with Crippen LogP contribution in [0.3, 0.4) is 0 Å². The molecule has 60 valence electrons. The molecule has 1 N–H and O–H groups in total. The van der Waals surface area contributed by atoms with E-state index < -0.39 is 6.11 Å². The second-order valence-electron chi connectivity index (χ2n) is 2.54. The Morgan fingerprint density at radius 1 is 1.60 bits per heavy atom. The van der Waals surface area contributed by atoms with E-state index in [-0.39, 0.29) is 25.6 Å². The van der Waals surface area contributed by atoms with E-state index in [0.717, 1.165) is 0 Å². The molecule has 0 aromatic heterocycles. The third-order valence-corrected chi connectivity index (χ3v) is 1.63. The minimum atomic E-state index is -2.95. The molecule has 1 aliphatic heterocycles. The van der Waals surface area contributed by atoms with Crippen LogP contribution < -0.4 is 0 Å². The van der Waals surface area contributed by atoms with E-state index in [0.29, 0.717) is 6.42 Å². The van der Waals surface area contributed by atoms with E-state index in [1.54, 1.807) is 0 Å². The van der Waals surface area contributed by atoms with E-state index >= 15 is 0 Å². The molecule has 1 atom stereocenters. The second kappa shape index (κ2) is 2.80. The largest absolute Gasteiger partial charge is 0.396 e. The third-order valence-electron chi connectivity index (χ3n) is 1.63. The third kappa shape index (κ3) is 1.88. The van der Waals surface area contributed by atoms with Gasteiger partial charge in [-0.1, -0.05) is 0 Å². The average molecular weight is 152 g/mol. The zero-order chi connectivity index (χ0) is 7.61. The molecule has 1 rings (SSSR count). The zero-order valence-electron chi connectivity index (χ0n) is 5.52. The molecule has 0 aromatic carbocycles. The number of hydrogen-bond acceptors (Lipinski definition) is 2. The van der Waals surface area contributed by atoms with Crippen molar-refractivity contribution in [2.45, 2.75) is 19.0 Å². The summed E-state index contributed by atoms with van der Waals surface area (Å²) in [5.41, 5.74) is 0. The van der Waals surface area contributed by atoms with Crippen molar-refractivity contribution in [1.29, 1.82) is 0 Å². The van der Waals surface area contributed by atoms with E-state index in [1.165, 1.54) is 0 Å². The molecule has 0 aromatic rings. The lowest BCUT2D eigenvalue weighted by Gasteiger charge is -2.26. The summed E-state index contributed by atoms with van der Waals surface area (Å²) in [4.78, 5) is 0. The zero-order valence-corrected chi connectivity index (χ0v) is 5.52. The Morgan fingerprint density at radius 2 is 2.30 bits per heavy atom. The Bertz CT molecular complexity index is 106. The standard InChI is InChI=1S/C6H10F2O2/c7-6(8)2-1-5(3-9)4-10-6/h5,9H,1-4H2. The quantitative estimate of drug-likeness (QED) is 0.607. The first-order valence-electron chi connectivity index (χ1n) is 3.27. The number of halogens is 2. The predicted molar refractivity (Wildman–Crippen MR) is 30.7 cm³/mol. The van der Waals surface area contributed by atoms with Crippen LogP contribution in [0.5, 0.6) is 0 Å². The fraction of sp³-hybridized carbons (Fsp3) is 1.00. The number of aliphatic hydroxyl groups is 1. The molecule has 10 heavy (non-hydrogen) atoms. The molecule has 0 radical (unpaired) electrons. The van der Waals surface area contributed by atoms with Gasteiger partial charge >= 0.3 is 6.11 Å². The monoisotopic (exact) mass is 152 g/mol. The number of alkyl halides is 2. The average Bonchev–Trinajstić information content (AvgIpc) is 1.88. The van der Waals surface area contributed by atoms with Crippen molar-refractivity contribution in [3.8, 4) is 0 Å². The topological polar surface area (TPSA) is 29.5 Å². The highest BCUT2D eigenvalue weighted by atomic mass is 19.3. The van der Waals surface area contributed by atoms with Gasteiger partial charge in [-0.3, -0.25) is 0 Å². The molecule has 0 aliphatic carbocycles. The Hall–Kier alpha value is -0.220. The number of rotatable bonds is 1. The molecule has 0 saturated carbocycles. The minimum absolute atomic E-state index is 0.0243. The van der Waals surface area contributed by atoms with Crippen LogP contribution in [0.2, 0.25) is 0 Å². The molecule has 2 nitrogen and oxygen atoms in total. The van der Waals surface area contributed by atoms with Gasteiger partial charge in [0.15, 0.2) is 0 Å². The van der Waals surface area contributed by atoms with Gasteiger partial charge in [-0.15, -0.1) is 0 Å². The molecule has 0 amide bonds. The molecule has 1 fully saturated rings. The Labute approximate surface area is 57.8 Å². The first-order valence-corrected chi connectivity index (χ1v) is 3.27. The molecule has 1 aliphatic rings. The van der Waals surface area contributed by atoms with Crippen molar-refractivity contribution in [2.75, 3.05) is 13.2 Å². The lowest BCUT2D eigenvalue weighted by atomic mass is 10.0. The summed E-state index contributed by atoms with van der Waals surface area (Å²) in [6, 6.07) is 0. The predicted octanol–water partition coefficient (Wildman–Crippen LogP) is 0.998. The van der Waals surface area contributed by atoms with Crippen molar-refractivity contribution < 1.29 is 18.6 Å². The van der Waals surface area contributed by atoms with Gasteiger partial charge in [0.1, 0.15) is 0 Å². The highest BCUT2D eigenvalue weighted by molar-refractivity contribution is 4.67. The van der Waals surface area contributed by atoms with Crippen molar-refractivity contribution in [1.82, 2.24) is 0 Å². The first kappa shape index (κ1) is 7.88. The Morgan fingerprint density at radius 3 is 2.70 bits per heavy atom. The van der Waals surface area contributed by atoms with Crippen LogP contribution in [0.15, 0.2) is 0 Å². The Kier molecular flexibility index (Phi) is 2.21. The Balaban J connectivity index is 2.31. The summed E-state index contributed by atoms with van der Waals surface area (Å²) in [7, 11) is 0. The molecule has 1 unspecified atom stereocenters. The van der Waals surface area contributed by atoms with Gasteiger partial charge in [0.2, 0.25) is 0 Å². The van der Waals surface area contributed by atoms with Gasteiger partial charge < -0.3 is 9.84 Å². The normalized spacial score (nSPS) is 32.1. The first-order chi connectivity index (χ1) is 4.64. The minimum Gasteiger partial charge on any atom is -0.396 e. The smallest absolute Gasteiger partial charge is 0.355 e. The number of hydrogen-bond donors (Lipinski definition) is 1. The van der Waals surface area contributed by atoms with Crippen LogP contribution in [0.25, 0.3) is 0 Å². The van der Waals surface area contributed by atoms with Gasteiger partial charge in [0.25, 0.3) is 0 Å². The highest BCUT2D eigenvalue weighted by Crippen LogP contribution is 2.29. The van der Waals surface area contributed by atoms with Crippen LogP contribution >= 0.6 is 0 Å². The van der Waals surface area contributed by atoms with Gasteiger partial charge in [-0.2, -0.15) is 8.78 Å². The SMILES string of the molecule is OCC1CCC(F)(F)OC1. The van der Waals surface area contributed by atoms with Gasteiger partial charge in [-0.25, -0.2) is 0 Å². The summed E-state index contributed by atoms with van der Waals surface area (Å²) in [5.74, 6) is -0.0976. The van der Waals surface area contributed by atoms with E-state index in [1.807, 2.05) is 0 Å². The summed E-state index contributed by atoms with van der Waals surface area (Å²) < 4.78 is 28.6. The summed E-state index contributed by atoms with van der Waals surface area (Å²) in [5, 5.41) is 8.54. The maximum Gasteiger partial charge on any atom is 0.355 e. The summed E-state index contributed by atoms with van der Waals surface area (Å²) >= 11 is 0. The number of aliphatic hydroxyl groups excluding tert-OH is 1. The van der Waals surface area contributed by atoms with Crippen LogP contribution in [-0.4, -0.2) is 24.4 Å². The van der Waals surface area contributed by atoms with Crippen LogP contribution in [0.1, 0.15) is 12.8 Å². The maximum absolute atomic E-state index is 12.2. The number of ether oxygens (including phenoxy) is 1. The van der Waals surface area contributed by atoms with E-state index in [9.17, 15) is 8.78 Å². The lowest BCUT2D eigenvalue weighted by Crippen LogP contribution is -2.32.